The highest BCUT2D eigenvalue weighted by Gasteiger charge is 2.46. The Balaban J connectivity index is 1.48. The lowest BCUT2D eigenvalue weighted by molar-refractivity contribution is -0.674. The molecule has 0 bridgehead atoms. The third kappa shape index (κ3) is 4.06. The second-order valence-electron chi connectivity index (χ2n) is 14.4. The van der Waals surface area contributed by atoms with Crippen LogP contribution in [0.15, 0.2) is 134 Å². The molecule has 9 rings (SSSR count). The molecule has 0 radical (unpaired) electrons. The van der Waals surface area contributed by atoms with E-state index in [0.717, 1.165) is 12.4 Å². The largest absolute Gasteiger partial charge is 0.361 e. The van der Waals surface area contributed by atoms with Gasteiger partial charge < -0.3 is 23.5 Å². The summed E-state index contributed by atoms with van der Waals surface area (Å²) in [6.07, 6.45) is 12.0. The van der Waals surface area contributed by atoms with Gasteiger partial charge in [-0.3, -0.25) is 0 Å². The normalized spacial score (nSPS) is 17.1. The number of aryl methyl sites for hydroxylation is 1. The average Bonchev–Trinajstić information content (AvgIpc) is 3.83. The minimum absolute atomic E-state index is 0.0802. The van der Waals surface area contributed by atoms with Gasteiger partial charge in [0.15, 0.2) is 0 Å². The van der Waals surface area contributed by atoms with Gasteiger partial charge in [-0.1, -0.05) is 106 Å². The van der Waals surface area contributed by atoms with E-state index in [-0.39, 0.29) is 5.41 Å². The lowest BCUT2D eigenvalue weighted by atomic mass is 9.62. The lowest BCUT2D eigenvalue weighted by Crippen LogP contribution is -2.36. The summed E-state index contributed by atoms with van der Waals surface area (Å²) in [6.45, 7) is 7.75. The Bertz CT molecular complexity index is 2400. The molecule has 0 aliphatic carbocycles. The number of hydrogen-bond donors (Lipinski definition) is 0. The lowest BCUT2D eigenvalue weighted by Gasteiger charge is -2.43. The maximum absolute atomic E-state index is 3.49. The molecule has 0 saturated heterocycles. The summed E-state index contributed by atoms with van der Waals surface area (Å²) < 4.78 is 6.62. The zero-order valence-electron chi connectivity index (χ0n) is 28.1. The van der Waals surface area contributed by atoms with Crippen molar-refractivity contribution in [2.45, 2.75) is 31.6 Å². The number of benzene rings is 5. The van der Waals surface area contributed by atoms with E-state index in [4.69, 9.17) is 0 Å². The summed E-state index contributed by atoms with van der Waals surface area (Å²) >= 11 is 0. The smallest absolute Gasteiger partial charge is 0.243 e. The highest BCUT2D eigenvalue weighted by atomic mass is 15.3. The molecule has 0 N–H and O–H groups in total. The monoisotopic (exact) mass is 625 g/mol. The predicted octanol–water partition coefficient (Wildman–Crippen LogP) is 8.37. The number of imidazole rings is 1. The first-order chi connectivity index (χ1) is 23.2. The van der Waals surface area contributed by atoms with Crippen LogP contribution in [0.1, 0.15) is 48.6 Å². The number of anilines is 1. The van der Waals surface area contributed by atoms with E-state index >= 15 is 0 Å². The molecule has 0 amide bonds. The highest BCUT2D eigenvalue weighted by Crippen LogP contribution is 2.55. The van der Waals surface area contributed by atoms with Crippen LogP contribution in [0, 0.1) is 6.33 Å². The van der Waals surface area contributed by atoms with Crippen molar-refractivity contribution < 1.29 is 4.57 Å². The van der Waals surface area contributed by atoms with Gasteiger partial charge in [-0.25, -0.2) is 0 Å². The van der Waals surface area contributed by atoms with Gasteiger partial charge in [0.2, 0.25) is 6.33 Å². The molecular weight excluding hydrogens is 587 g/mol. The molecule has 0 fully saturated rings. The van der Waals surface area contributed by atoms with Crippen LogP contribution in [0.3, 0.4) is 0 Å². The maximum atomic E-state index is 3.49. The Labute approximate surface area is 282 Å². The summed E-state index contributed by atoms with van der Waals surface area (Å²) in [5, 5.41) is 2.55. The van der Waals surface area contributed by atoms with Crippen LogP contribution < -0.4 is 9.47 Å². The van der Waals surface area contributed by atoms with E-state index in [1.165, 1.54) is 61.0 Å². The van der Waals surface area contributed by atoms with Gasteiger partial charge in [-0.05, 0) is 57.5 Å². The Morgan fingerprint density at radius 1 is 0.729 bits per heavy atom. The third-order valence-corrected chi connectivity index (χ3v) is 10.3. The number of rotatable bonds is 4. The van der Waals surface area contributed by atoms with Crippen molar-refractivity contribution in [2.24, 2.45) is 7.05 Å². The van der Waals surface area contributed by atoms with Crippen LogP contribution in [0.25, 0.3) is 33.2 Å². The van der Waals surface area contributed by atoms with E-state index in [9.17, 15) is 0 Å². The van der Waals surface area contributed by atoms with Crippen molar-refractivity contribution in [1.82, 2.24) is 14.0 Å². The number of para-hydroxylation sites is 2. The predicted molar refractivity (Wildman–Crippen MR) is 195 cm³/mol. The zero-order chi connectivity index (χ0) is 32.8. The molecular formula is C43H39N5. The first kappa shape index (κ1) is 28.7. The molecule has 2 aromatic heterocycles. The first-order valence-corrected chi connectivity index (χ1v) is 16.7. The Morgan fingerprint density at radius 3 is 2.27 bits per heavy atom. The van der Waals surface area contributed by atoms with Crippen LogP contribution in [-0.2, 0) is 17.9 Å². The topological polar surface area (TPSA) is 20.2 Å². The number of nitrogens with zero attached hydrogens (tertiary/aromatic N) is 5. The summed E-state index contributed by atoms with van der Waals surface area (Å²) in [5.74, 6) is 0. The fourth-order valence-electron chi connectivity index (χ4n) is 8.03. The Morgan fingerprint density at radius 2 is 1.52 bits per heavy atom. The van der Waals surface area contributed by atoms with Gasteiger partial charge in [0.1, 0.15) is 0 Å². The van der Waals surface area contributed by atoms with Crippen LogP contribution in [0.5, 0.6) is 0 Å². The van der Waals surface area contributed by atoms with E-state index in [1.54, 1.807) is 0 Å². The first-order valence-electron chi connectivity index (χ1n) is 16.7. The van der Waals surface area contributed by atoms with Gasteiger partial charge in [-0.2, -0.15) is 0 Å². The number of hydrogen-bond acceptors (Lipinski definition) is 2. The molecule has 2 aliphatic rings. The molecule has 5 nitrogen and oxygen atoms in total. The summed E-state index contributed by atoms with van der Waals surface area (Å²) in [6, 6.07) is 41.2. The fraction of sp³-hybridized carbons (Fsp3) is 0.186. The standard InChI is InChI=1S/C43H39N5/c1-42(2,3)31-24-32(26-34(25-31)47-23-21-45(5)29-47)43(30-12-7-6-8-13-30)37-16-11-15-36-35-14-9-10-17-39(35)48(41(36)37)40-19-18-33(27-38(40)43)46-22-20-44(4)28-46/h6-27H,28H2,1-5H3. The van der Waals surface area contributed by atoms with Crippen molar-refractivity contribution in [3.8, 4) is 11.4 Å². The van der Waals surface area contributed by atoms with Crippen molar-refractivity contribution >= 4 is 27.5 Å². The fourth-order valence-corrected chi connectivity index (χ4v) is 8.03. The Hall–Kier alpha value is -5.55. The average molecular weight is 626 g/mol. The van der Waals surface area contributed by atoms with Gasteiger partial charge in [-0.15, -0.1) is 0 Å². The minimum Gasteiger partial charge on any atom is -0.361 e. The molecule has 48 heavy (non-hydrogen) atoms. The second-order valence-corrected chi connectivity index (χ2v) is 14.4. The molecule has 1 unspecified atom stereocenters. The zero-order valence-corrected chi connectivity index (χ0v) is 28.1. The van der Waals surface area contributed by atoms with Crippen LogP contribution in [-0.4, -0.2) is 27.8 Å². The van der Waals surface area contributed by atoms with E-state index < -0.39 is 5.41 Å². The minimum atomic E-state index is -0.614. The van der Waals surface area contributed by atoms with Gasteiger partial charge in [0, 0.05) is 48.3 Å². The third-order valence-electron chi connectivity index (χ3n) is 10.3. The number of fused-ring (bicyclic) bond motifs is 5. The number of aromatic nitrogens is 3. The van der Waals surface area contributed by atoms with Gasteiger partial charge in [0.05, 0.1) is 41.5 Å². The van der Waals surface area contributed by atoms with E-state index in [2.05, 4.69) is 187 Å². The van der Waals surface area contributed by atoms with Crippen LogP contribution in [0.2, 0.25) is 0 Å². The summed E-state index contributed by atoms with van der Waals surface area (Å²) in [7, 11) is 4.15. The summed E-state index contributed by atoms with van der Waals surface area (Å²) in [5.41, 5.74) is 11.7. The molecule has 1 atom stereocenters. The molecule has 5 aromatic carbocycles. The molecule has 7 aromatic rings. The van der Waals surface area contributed by atoms with Crippen molar-refractivity contribution in [1.29, 1.82) is 0 Å². The molecule has 4 heterocycles. The van der Waals surface area contributed by atoms with Crippen molar-refractivity contribution in [3.05, 3.63) is 168 Å². The highest BCUT2D eigenvalue weighted by molar-refractivity contribution is 6.12. The van der Waals surface area contributed by atoms with Crippen molar-refractivity contribution in [2.75, 3.05) is 18.6 Å². The quantitative estimate of drug-likeness (QED) is 0.145. The second kappa shape index (κ2) is 10.2. The van der Waals surface area contributed by atoms with E-state index in [0.29, 0.717) is 0 Å². The molecule has 0 spiro atoms. The van der Waals surface area contributed by atoms with Gasteiger partial charge in [0.25, 0.3) is 0 Å². The van der Waals surface area contributed by atoms with Crippen molar-refractivity contribution in [3.63, 3.8) is 0 Å². The molecule has 5 heteroatoms. The molecule has 2 aliphatic heterocycles. The SMILES string of the molecule is CN1C=CN(c2ccc3c(c2)C(c2ccccc2)(c2cc(-n4[c-][n+](C)cc4)cc(C(C)(C)C)c2)c2cccc4c5ccccc5n-3c24)C1. The van der Waals surface area contributed by atoms with Crippen LogP contribution >= 0.6 is 0 Å². The van der Waals surface area contributed by atoms with Gasteiger partial charge >= 0.3 is 0 Å². The van der Waals surface area contributed by atoms with E-state index in [1.807, 2.05) is 11.6 Å². The Kier molecular flexibility index (Phi) is 6.10. The molecule has 0 saturated carbocycles. The molecule has 236 valence electrons. The maximum Gasteiger partial charge on any atom is 0.243 e. The van der Waals surface area contributed by atoms with Crippen LogP contribution in [0.4, 0.5) is 5.69 Å². The summed E-state index contributed by atoms with van der Waals surface area (Å²) in [4.78, 5) is 4.56.